The second-order valence-corrected chi connectivity index (χ2v) is 5.98. The first-order valence-electron chi connectivity index (χ1n) is 8.15. The number of carbonyl (C=O) groups excluding carboxylic acids is 2. The maximum Gasteiger partial charge on any atom is 0.291 e. The van der Waals surface area contributed by atoms with Gasteiger partial charge < -0.3 is 24.7 Å². The second-order valence-electron chi connectivity index (χ2n) is 5.98. The van der Waals surface area contributed by atoms with Crippen molar-refractivity contribution >= 4 is 17.5 Å². The predicted molar refractivity (Wildman–Crippen MR) is 92.7 cm³/mol. The van der Waals surface area contributed by atoms with Crippen molar-refractivity contribution in [1.82, 2.24) is 10.2 Å². The van der Waals surface area contributed by atoms with E-state index in [1.807, 2.05) is 7.05 Å². The maximum atomic E-state index is 12.3. The van der Waals surface area contributed by atoms with Crippen molar-refractivity contribution in [2.75, 3.05) is 38.6 Å². The second kappa shape index (κ2) is 7.96. The van der Waals surface area contributed by atoms with Gasteiger partial charge in [0.05, 0.1) is 19.0 Å². The standard InChI is InChI=1S/C18H21N3O4/c1-21-7-9-24-15(12-21)11-19-17(22)13-4-2-5-14(10-13)20-18(23)16-6-3-8-25-16/h2-6,8,10,15H,7,9,11-12H2,1H3,(H,19,22)(H,20,23)/t15-/m1/s1. The lowest BCUT2D eigenvalue weighted by atomic mass is 10.1. The predicted octanol–water partition coefficient (Wildman–Crippen LogP) is 1.59. The third-order valence-corrected chi connectivity index (χ3v) is 3.96. The molecule has 0 bridgehead atoms. The SMILES string of the molecule is CN1CCO[C@H](CNC(=O)c2cccc(NC(=O)c3ccco3)c2)C1. The Labute approximate surface area is 145 Å². The first-order chi connectivity index (χ1) is 12.1. The van der Waals surface area contributed by atoms with Gasteiger partial charge in [0.15, 0.2) is 5.76 Å². The lowest BCUT2D eigenvalue weighted by Crippen LogP contribution is -2.45. The Balaban J connectivity index is 1.56. The van der Waals surface area contributed by atoms with Gasteiger partial charge in [0.1, 0.15) is 0 Å². The summed E-state index contributed by atoms with van der Waals surface area (Å²) in [5.41, 5.74) is 1.00. The number of amides is 2. The molecule has 25 heavy (non-hydrogen) atoms. The quantitative estimate of drug-likeness (QED) is 0.861. The normalized spacial score (nSPS) is 17.9. The lowest BCUT2D eigenvalue weighted by Gasteiger charge is -2.30. The van der Waals surface area contributed by atoms with E-state index in [1.165, 1.54) is 6.26 Å². The number of nitrogens with zero attached hydrogens (tertiary/aromatic N) is 1. The van der Waals surface area contributed by atoms with E-state index in [4.69, 9.17) is 9.15 Å². The number of rotatable bonds is 5. The summed E-state index contributed by atoms with van der Waals surface area (Å²) in [5.74, 6) is -0.347. The van der Waals surface area contributed by atoms with Crippen LogP contribution in [0.1, 0.15) is 20.9 Å². The number of nitrogens with one attached hydrogen (secondary N) is 2. The van der Waals surface area contributed by atoms with E-state index in [-0.39, 0.29) is 23.7 Å². The van der Waals surface area contributed by atoms with Gasteiger partial charge in [0, 0.05) is 30.9 Å². The Morgan fingerprint density at radius 2 is 2.12 bits per heavy atom. The largest absolute Gasteiger partial charge is 0.459 e. The van der Waals surface area contributed by atoms with Gasteiger partial charge >= 0.3 is 0 Å². The Kier molecular flexibility index (Phi) is 5.47. The number of hydrogen-bond donors (Lipinski definition) is 2. The number of anilines is 1. The van der Waals surface area contributed by atoms with Crippen LogP contribution in [0.2, 0.25) is 0 Å². The topological polar surface area (TPSA) is 83.8 Å². The van der Waals surface area contributed by atoms with Crippen molar-refractivity contribution in [2.45, 2.75) is 6.10 Å². The third-order valence-electron chi connectivity index (χ3n) is 3.96. The van der Waals surface area contributed by atoms with Crippen LogP contribution in [0, 0.1) is 0 Å². The van der Waals surface area contributed by atoms with Crippen LogP contribution in [0.15, 0.2) is 47.1 Å². The highest BCUT2D eigenvalue weighted by atomic mass is 16.5. The minimum atomic E-state index is -0.360. The summed E-state index contributed by atoms with van der Waals surface area (Å²) in [7, 11) is 2.03. The molecule has 0 saturated carbocycles. The van der Waals surface area contributed by atoms with Gasteiger partial charge in [-0.1, -0.05) is 6.07 Å². The van der Waals surface area contributed by atoms with Crippen molar-refractivity contribution in [3.8, 4) is 0 Å². The number of hydrogen-bond acceptors (Lipinski definition) is 5. The van der Waals surface area contributed by atoms with E-state index in [2.05, 4.69) is 15.5 Å². The third kappa shape index (κ3) is 4.68. The fraction of sp³-hybridized carbons (Fsp3) is 0.333. The molecule has 2 N–H and O–H groups in total. The molecule has 0 unspecified atom stereocenters. The molecule has 1 aromatic carbocycles. The molecule has 2 heterocycles. The Hall–Kier alpha value is -2.64. The van der Waals surface area contributed by atoms with E-state index in [9.17, 15) is 9.59 Å². The summed E-state index contributed by atoms with van der Waals surface area (Å²) in [6, 6.07) is 9.99. The average molecular weight is 343 g/mol. The number of likely N-dealkylation sites (N-methyl/N-ethyl adjacent to an activating group) is 1. The molecule has 1 aliphatic heterocycles. The molecule has 132 valence electrons. The number of furan rings is 1. The molecule has 0 spiro atoms. The molecule has 3 rings (SSSR count). The fourth-order valence-corrected chi connectivity index (χ4v) is 2.64. The lowest BCUT2D eigenvalue weighted by molar-refractivity contribution is -0.0175. The monoisotopic (exact) mass is 343 g/mol. The zero-order chi connectivity index (χ0) is 17.6. The molecule has 0 aliphatic carbocycles. The van der Waals surface area contributed by atoms with Gasteiger partial charge in [-0.15, -0.1) is 0 Å². The highest BCUT2D eigenvalue weighted by Crippen LogP contribution is 2.13. The number of ether oxygens (including phenoxy) is 1. The van der Waals surface area contributed by atoms with Gasteiger partial charge in [-0.2, -0.15) is 0 Å². The van der Waals surface area contributed by atoms with Crippen molar-refractivity contribution in [3.63, 3.8) is 0 Å². The molecular formula is C18H21N3O4. The molecule has 1 atom stereocenters. The highest BCUT2D eigenvalue weighted by molar-refractivity contribution is 6.03. The number of benzene rings is 1. The molecule has 1 fully saturated rings. The van der Waals surface area contributed by atoms with E-state index >= 15 is 0 Å². The fourth-order valence-electron chi connectivity index (χ4n) is 2.64. The minimum Gasteiger partial charge on any atom is -0.459 e. The van der Waals surface area contributed by atoms with E-state index < -0.39 is 0 Å². The smallest absolute Gasteiger partial charge is 0.291 e. The first kappa shape index (κ1) is 17.2. The summed E-state index contributed by atoms with van der Waals surface area (Å²) >= 11 is 0. The van der Waals surface area contributed by atoms with E-state index in [0.717, 1.165) is 13.1 Å². The summed E-state index contributed by atoms with van der Waals surface area (Å²) in [6.45, 7) is 2.82. The zero-order valence-electron chi connectivity index (χ0n) is 14.0. The van der Waals surface area contributed by atoms with Crippen LogP contribution >= 0.6 is 0 Å². The van der Waals surface area contributed by atoms with Crippen LogP contribution in [-0.4, -0.2) is 56.1 Å². The molecule has 2 amide bonds. The Morgan fingerprint density at radius 1 is 1.24 bits per heavy atom. The number of morpholine rings is 1. The van der Waals surface area contributed by atoms with Crippen molar-refractivity contribution < 1.29 is 18.7 Å². The molecule has 1 aliphatic rings. The summed E-state index contributed by atoms with van der Waals surface area (Å²) in [6.07, 6.45) is 1.42. The summed E-state index contributed by atoms with van der Waals surface area (Å²) < 4.78 is 10.7. The molecule has 0 radical (unpaired) electrons. The van der Waals surface area contributed by atoms with Crippen LogP contribution in [0.3, 0.4) is 0 Å². The molecular weight excluding hydrogens is 322 g/mol. The van der Waals surface area contributed by atoms with Crippen LogP contribution < -0.4 is 10.6 Å². The minimum absolute atomic E-state index is 0.00969. The van der Waals surface area contributed by atoms with E-state index in [1.54, 1.807) is 36.4 Å². The highest BCUT2D eigenvalue weighted by Gasteiger charge is 2.18. The Bertz CT molecular complexity index is 730. The van der Waals surface area contributed by atoms with Gasteiger partial charge in [0.2, 0.25) is 0 Å². The van der Waals surface area contributed by atoms with Crippen LogP contribution in [0.4, 0.5) is 5.69 Å². The van der Waals surface area contributed by atoms with E-state index in [0.29, 0.717) is 24.4 Å². The van der Waals surface area contributed by atoms with Gasteiger partial charge in [-0.25, -0.2) is 0 Å². The van der Waals surface area contributed by atoms with Gasteiger partial charge in [-0.05, 0) is 37.4 Å². The maximum absolute atomic E-state index is 12.3. The number of carbonyl (C=O) groups is 2. The zero-order valence-corrected chi connectivity index (χ0v) is 14.0. The molecule has 7 heteroatoms. The average Bonchev–Trinajstić information content (AvgIpc) is 3.15. The van der Waals surface area contributed by atoms with Crippen molar-refractivity contribution in [2.24, 2.45) is 0 Å². The molecule has 7 nitrogen and oxygen atoms in total. The Morgan fingerprint density at radius 3 is 2.88 bits per heavy atom. The van der Waals surface area contributed by atoms with Crippen molar-refractivity contribution in [1.29, 1.82) is 0 Å². The van der Waals surface area contributed by atoms with Gasteiger partial charge in [-0.3, -0.25) is 9.59 Å². The van der Waals surface area contributed by atoms with Crippen LogP contribution in [0.5, 0.6) is 0 Å². The summed E-state index contributed by atoms with van der Waals surface area (Å²) in [5, 5.41) is 5.58. The first-order valence-corrected chi connectivity index (χ1v) is 8.15. The van der Waals surface area contributed by atoms with Crippen LogP contribution in [0.25, 0.3) is 0 Å². The van der Waals surface area contributed by atoms with Crippen LogP contribution in [-0.2, 0) is 4.74 Å². The summed E-state index contributed by atoms with van der Waals surface area (Å²) in [4.78, 5) is 26.5. The van der Waals surface area contributed by atoms with Crippen molar-refractivity contribution in [3.05, 3.63) is 54.0 Å². The molecule has 2 aromatic rings. The molecule has 1 aromatic heterocycles. The molecule has 1 saturated heterocycles. The van der Waals surface area contributed by atoms with Gasteiger partial charge in [0.25, 0.3) is 11.8 Å².